The van der Waals surface area contributed by atoms with E-state index in [0.29, 0.717) is 31.5 Å². The van der Waals surface area contributed by atoms with Crippen molar-refractivity contribution in [3.05, 3.63) is 12.2 Å². The minimum atomic E-state index is -0.790. The van der Waals surface area contributed by atoms with Crippen LogP contribution in [0.15, 0.2) is 12.2 Å². The number of aliphatic hydroxyl groups excluding tert-OH is 2. The van der Waals surface area contributed by atoms with Gasteiger partial charge >= 0.3 is 5.97 Å². The van der Waals surface area contributed by atoms with Crippen molar-refractivity contribution in [1.82, 2.24) is 0 Å². The minimum Gasteiger partial charge on any atom is -0.481 e. The topological polar surface area (TPSA) is 96.2 Å². The lowest BCUT2D eigenvalue weighted by molar-refractivity contribution is -0.137. The van der Waals surface area contributed by atoms with Crippen LogP contribution in [0.5, 0.6) is 0 Å². The summed E-state index contributed by atoms with van der Waals surface area (Å²) in [4.78, 5) is 10.5. The Morgan fingerprint density at radius 3 is 2.80 bits per heavy atom. The molecule has 0 aromatic heterocycles. The van der Waals surface area contributed by atoms with Crippen LogP contribution < -0.4 is 0 Å². The Bertz CT molecular complexity index is 438. The highest BCUT2D eigenvalue weighted by Crippen LogP contribution is 2.49. The van der Waals surface area contributed by atoms with Crippen LogP contribution >= 0.6 is 0 Å². The normalized spacial score (nSPS) is 33.0. The number of aliphatic carboxylic acids is 1. The van der Waals surface area contributed by atoms with Crippen molar-refractivity contribution in [2.75, 3.05) is 19.8 Å². The Balaban J connectivity index is 1.76. The van der Waals surface area contributed by atoms with Gasteiger partial charge in [0.15, 0.2) is 0 Å². The molecule has 0 spiro atoms. The van der Waals surface area contributed by atoms with Crippen molar-refractivity contribution in [3.63, 3.8) is 0 Å². The molecule has 144 valence electrons. The van der Waals surface area contributed by atoms with Gasteiger partial charge in [-0.2, -0.15) is 0 Å². The van der Waals surface area contributed by atoms with E-state index in [-0.39, 0.29) is 31.2 Å². The molecule has 3 N–H and O–H groups in total. The number of carboxylic acid groups (broad SMARTS) is 1. The molecule has 0 aromatic carbocycles. The fourth-order valence-corrected chi connectivity index (χ4v) is 4.14. The van der Waals surface area contributed by atoms with Gasteiger partial charge in [0.05, 0.1) is 24.9 Å². The molecule has 0 heterocycles. The molecule has 2 unspecified atom stereocenters. The number of carboxylic acids is 1. The van der Waals surface area contributed by atoms with Crippen LogP contribution in [0.3, 0.4) is 0 Å². The Kier molecular flexibility index (Phi) is 8.36. The number of hydrogen-bond donors (Lipinski definition) is 3. The number of aliphatic hydroxyl groups is 2. The highest BCUT2D eigenvalue weighted by atomic mass is 16.5. The first kappa shape index (κ1) is 20.4. The monoisotopic (exact) mass is 356 g/mol. The second-order valence-corrected chi connectivity index (χ2v) is 7.29. The van der Waals surface area contributed by atoms with E-state index >= 15 is 0 Å². The zero-order valence-corrected chi connectivity index (χ0v) is 15.0. The van der Waals surface area contributed by atoms with Crippen molar-refractivity contribution in [1.29, 1.82) is 0 Å². The average molecular weight is 356 g/mol. The molecule has 0 radical (unpaired) electrons. The first-order valence-electron chi connectivity index (χ1n) is 9.46. The number of ether oxygens (including phenoxy) is 2. The molecule has 6 heteroatoms. The molecule has 0 aromatic rings. The van der Waals surface area contributed by atoms with E-state index < -0.39 is 12.1 Å². The minimum absolute atomic E-state index is 0.0541. The van der Waals surface area contributed by atoms with E-state index in [2.05, 4.69) is 0 Å². The predicted octanol–water partition coefficient (Wildman–Crippen LogP) is 1.99. The fourth-order valence-electron chi connectivity index (χ4n) is 4.14. The SMILES string of the molecule is CCCOCC(O)C=C[C@H]1[C@@H]2CC(OCCCC(=O)O)C[C@H]2C[C@@H]1O. The van der Waals surface area contributed by atoms with Gasteiger partial charge in [-0.1, -0.05) is 19.1 Å². The Morgan fingerprint density at radius 2 is 2.08 bits per heavy atom. The lowest BCUT2D eigenvalue weighted by atomic mass is 9.90. The second kappa shape index (κ2) is 10.3. The molecule has 2 aliphatic rings. The van der Waals surface area contributed by atoms with Gasteiger partial charge in [-0.3, -0.25) is 4.79 Å². The summed E-state index contributed by atoms with van der Waals surface area (Å²) >= 11 is 0. The van der Waals surface area contributed by atoms with Gasteiger partial charge in [-0.25, -0.2) is 0 Å². The molecular weight excluding hydrogens is 324 g/mol. The summed E-state index contributed by atoms with van der Waals surface area (Å²) in [6.45, 7) is 3.43. The van der Waals surface area contributed by atoms with Crippen LogP contribution in [0, 0.1) is 17.8 Å². The summed E-state index contributed by atoms with van der Waals surface area (Å²) in [5, 5.41) is 28.9. The largest absolute Gasteiger partial charge is 0.481 e. The van der Waals surface area contributed by atoms with Crippen LogP contribution in [0.25, 0.3) is 0 Å². The van der Waals surface area contributed by atoms with Gasteiger partial charge in [0.1, 0.15) is 0 Å². The van der Waals surface area contributed by atoms with Crippen molar-refractivity contribution in [2.24, 2.45) is 17.8 Å². The Morgan fingerprint density at radius 1 is 1.28 bits per heavy atom. The molecule has 25 heavy (non-hydrogen) atoms. The highest BCUT2D eigenvalue weighted by Gasteiger charge is 2.47. The first-order valence-corrected chi connectivity index (χ1v) is 9.46. The van der Waals surface area contributed by atoms with Crippen molar-refractivity contribution in [2.45, 2.75) is 63.8 Å². The lowest BCUT2D eigenvalue weighted by Crippen LogP contribution is -2.21. The summed E-state index contributed by atoms with van der Waals surface area (Å²) in [6, 6.07) is 0. The standard InChI is InChI=1S/C19H32O6/c1-2-7-24-12-14(20)5-6-16-17-11-15(9-13(17)10-18(16)21)25-8-3-4-19(22)23/h5-6,13-18,20-21H,2-4,7-12H2,1H3,(H,22,23)/t13-,14?,15?,16-,17+,18-/m0/s1. The predicted molar refractivity (Wildman–Crippen MR) is 93.2 cm³/mol. The van der Waals surface area contributed by atoms with E-state index in [0.717, 1.165) is 25.7 Å². The van der Waals surface area contributed by atoms with E-state index in [9.17, 15) is 15.0 Å². The molecular formula is C19H32O6. The molecule has 2 fully saturated rings. The molecule has 0 aliphatic heterocycles. The van der Waals surface area contributed by atoms with Crippen LogP contribution in [0.2, 0.25) is 0 Å². The van der Waals surface area contributed by atoms with E-state index in [1.54, 1.807) is 6.08 Å². The second-order valence-electron chi connectivity index (χ2n) is 7.29. The van der Waals surface area contributed by atoms with Crippen LogP contribution in [-0.4, -0.2) is 59.4 Å². The maximum absolute atomic E-state index is 10.5. The van der Waals surface area contributed by atoms with Gasteiger partial charge in [0.25, 0.3) is 0 Å². The number of carbonyl (C=O) groups is 1. The quantitative estimate of drug-likeness (QED) is 0.387. The van der Waals surface area contributed by atoms with Gasteiger partial charge in [-0.15, -0.1) is 0 Å². The molecule has 2 saturated carbocycles. The number of hydrogen-bond acceptors (Lipinski definition) is 5. The van der Waals surface area contributed by atoms with Crippen LogP contribution in [0.4, 0.5) is 0 Å². The number of rotatable bonds is 11. The molecule has 6 nitrogen and oxygen atoms in total. The van der Waals surface area contributed by atoms with Gasteiger partial charge in [0.2, 0.25) is 0 Å². The smallest absolute Gasteiger partial charge is 0.303 e. The average Bonchev–Trinajstić information content (AvgIpc) is 3.06. The van der Waals surface area contributed by atoms with Crippen LogP contribution in [-0.2, 0) is 14.3 Å². The summed E-state index contributed by atoms with van der Waals surface area (Å²) in [7, 11) is 0. The van der Waals surface area contributed by atoms with Crippen LogP contribution in [0.1, 0.15) is 45.4 Å². The van der Waals surface area contributed by atoms with E-state index in [4.69, 9.17) is 14.6 Å². The number of fused-ring (bicyclic) bond motifs is 1. The molecule has 0 saturated heterocycles. The summed E-state index contributed by atoms with van der Waals surface area (Å²) in [5.41, 5.74) is 0. The molecule has 6 atom stereocenters. The first-order chi connectivity index (χ1) is 12.0. The zero-order valence-electron chi connectivity index (χ0n) is 15.0. The maximum Gasteiger partial charge on any atom is 0.303 e. The maximum atomic E-state index is 10.5. The Hall–Kier alpha value is -0.950. The lowest BCUT2D eigenvalue weighted by Gasteiger charge is -2.19. The fraction of sp³-hybridized carbons (Fsp3) is 0.842. The van der Waals surface area contributed by atoms with E-state index in [1.807, 2.05) is 13.0 Å². The van der Waals surface area contributed by atoms with Crippen molar-refractivity contribution in [3.8, 4) is 0 Å². The molecule has 0 bridgehead atoms. The third-order valence-electron chi connectivity index (χ3n) is 5.27. The van der Waals surface area contributed by atoms with Crippen molar-refractivity contribution >= 4 is 5.97 Å². The highest BCUT2D eigenvalue weighted by molar-refractivity contribution is 5.66. The third-order valence-corrected chi connectivity index (χ3v) is 5.27. The molecule has 0 amide bonds. The van der Waals surface area contributed by atoms with Crippen molar-refractivity contribution < 1.29 is 29.6 Å². The van der Waals surface area contributed by atoms with Gasteiger partial charge < -0.3 is 24.8 Å². The van der Waals surface area contributed by atoms with E-state index in [1.165, 1.54) is 0 Å². The summed E-state index contributed by atoms with van der Waals surface area (Å²) < 4.78 is 11.2. The summed E-state index contributed by atoms with van der Waals surface area (Å²) in [6.07, 6.45) is 7.06. The zero-order chi connectivity index (χ0) is 18.2. The van der Waals surface area contributed by atoms with Gasteiger partial charge in [-0.05, 0) is 43.9 Å². The molecule has 2 aliphatic carbocycles. The summed E-state index contributed by atoms with van der Waals surface area (Å²) in [5.74, 6) is 0.0854. The molecule has 2 rings (SSSR count). The van der Waals surface area contributed by atoms with Gasteiger partial charge in [0, 0.05) is 25.6 Å². The third kappa shape index (κ3) is 6.37. The Labute approximate surface area is 149 Å².